The van der Waals surface area contributed by atoms with Crippen LogP contribution in [0.4, 0.5) is 13.2 Å². The number of nitrogens with zero attached hydrogens (tertiary/aromatic N) is 1. The van der Waals surface area contributed by atoms with E-state index in [4.69, 9.17) is 10.5 Å². The van der Waals surface area contributed by atoms with Gasteiger partial charge in [-0.1, -0.05) is 0 Å². The summed E-state index contributed by atoms with van der Waals surface area (Å²) in [5, 5.41) is 2.66. The van der Waals surface area contributed by atoms with E-state index >= 15 is 0 Å². The fourth-order valence-electron chi connectivity index (χ4n) is 2.15. The maximum atomic E-state index is 12.2. The van der Waals surface area contributed by atoms with E-state index in [1.807, 2.05) is 0 Å². The molecule has 3 N–H and O–H groups in total. The lowest BCUT2D eigenvalue weighted by Gasteiger charge is -2.18. The first-order valence-electron chi connectivity index (χ1n) is 6.15. The molecule has 0 spiro atoms. The Labute approximate surface area is 110 Å². The lowest BCUT2D eigenvalue weighted by molar-refractivity contribution is -0.144. The Balaban J connectivity index is 2.27. The Morgan fingerprint density at radius 2 is 2.26 bits per heavy atom. The quantitative estimate of drug-likeness (QED) is 0.718. The summed E-state index contributed by atoms with van der Waals surface area (Å²) in [5.74, 6) is -0.277. The molecular weight excluding hydrogens is 263 g/mol. The van der Waals surface area contributed by atoms with Gasteiger partial charge in [0.25, 0.3) is 0 Å². The maximum absolute atomic E-state index is 12.2. The molecular formula is C11H20F3N3O2. The number of rotatable bonds is 6. The summed E-state index contributed by atoms with van der Waals surface area (Å²) < 4.78 is 41.5. The first-order chi connectivity index (χ1) is 8.85. The molecule has 8 heteroatoms. The van der Waals surface area contributed by atoms with Crippen LogP contribution in [-0.2, 0) is 9.53 Å². The largest absolute Gasteiger partial charge is 0.401 e. The Hall–Kier alpha value is -0.860. The highest BCUT2D eigenvalue weighted by Gasteiger charge is 2.34. The highest BCUT2D eigenvalue weighted by atomic mass is 19.4. The van der Waals surface area contributed by atoms with Crippen molar-refractivity contribution in [3.8, 4) is 0 Å². The fourth-order valence-corrected chi connectivity index (χ4v) is 2.15. The van der Waals surface area contributed by atoms with Crippen LogP contribution in [0.15, 0.2) is 0 Å². The predicted molar refractivity (Wildman–Crippen MR) is 63.5 cm³/mol. The van der Waals surface area contributed by atoms with E-state index in [0.717, 1.165) is 0 Å². The molecule has 0 radical (unpaired) electrons. The van der Waals surface area contributed by atoms with Crippen LogP contribution < -0.4 is 11.1 Å². The molecule has 1 amide bonds. The topological polar surface area (TPSA) is 67.6 Å². The van der Waals surface area contributed by atoms with Crippen LogP contribution in [0.5, 0.6) is 0 Å². The SMILES string of the molecule is COC(CN)C(=O)NCC1CCN(CC(F)(F)F)C1. The van der Waals surface area contributed by atoms with Crippen molar-refractivity contribution in [1.82, 2.24) is 10.2 Å². The van der Waals surface area contributed by atoms with Gasteiger partial charge >= 0.3 is 6.18 Å². The van der Waals surface area contributed by atoms with Gasteiger partial charge in [-0.15, -0.1) is 0 Å². The van der Waals surface area contributed by atoms with Crippen molar-refractivity contribution in [3.63, 3.8) is 0 Å². The summed E-state index contributed by atoms with van der Waals surface area (Å²) in [7, 11) is 1.39. The van der Waals surface area contributed by atoms with Gasteiger partial charge in [0.1, 0.15) is 6.10 Å². The van der Waals surface area contributed by atoms with Gasteiger partial charge in [0.2, 0.25) is 5.91 Å². The lowest BCUT2D eigenvalue weighted by atomic mass is 10.1. The fraction of sp³-hybridized carbons (Fsp3) is 0.909. The number of halogens is 3. The van der Waals surface area contributed by atoms with Crippen molar-refractivity contribution in [2.45, 2.75) is 18.7 Å². The first-order valence-corrected chi connectivity index (χ1v) is 6.15. The van der Waals surface area contributed by atoms with Crippen LogP contribution >= 0.6 is 0 Å². The van der Waals surface area contributed by atoms with Gasteiger partial charge < -0.3 is 15.8 Å². The van der Waals surface area contributed by atoms with Gasteiger partial charge in [0, 0.05) is 26.7 Å². The Morgan fingerprint density at radius 3 is 2.79 bits per heavy atom. The van der Waals surface area contributed by atoms with E-state index in [2.05, 4.69) is 5.32 Å². The third kappa shape index (κ3) is 5.75. The van der Waals surface area contributed by atoms with Crippen LogP contribution in [0.2, 0.25) is 0 Å². The second-order valence-electron chi connectivity index (χ2n) is 4.71. The van der Waals surface area contributed by atoms with Crippen molar-refractivity contribution < 1.29 is 22.7 Å². The maximum Gasteiger partial charge on any atom is 0.401 e. The molecule has 1 aliphatic rings. The van der Waals surface area contributed by atoms with Gasteiger partial charge in [-0.2, -0.15) is 13.2 Å². The van der Waals surface area contributed by atoms with Crippen molar-refractivity contribution in [3.05, 3.63) is 0 Å². The normalized spacial score (nSPS) is 22.5. The van der Waals surface area contributed by atoms with E-state index in [9.17, 15) is 18.0 Å². The minimum Gasteiger partial charge on any atom is -0.370 e. The second kappa shape index (κ2) is 7.06. The predicted octanol–water partition coefficient (Wildman–Crippen LogP) is -0.0395. The van der Waals surface area contributed by atoms with Crippen molar-refractivity contribution >= 4 is 5.91 Å². The number of hydrogen-bond acceptors (Lipinski definition) is 4. The molecule has 1 rings (SSSR count). The Morgan fingerprint density at radius 1 is 1.58 bits per heavy atom. The molecule has 0 saturated carbocycles. The minimum atomic E-state index is -4.17. The van der Waals surface area contributed by atoms with Crippen molar-refractivity contribution in [2.75, 3.05) is 39.8 Å². The average Bonchev–Trinajstić information content (AvgIpc) is 2.73. The van der Waals surface area contributed by atoms with Crippen LogP contribution in [0.3, 0.4) is 0 Å². The van der Waals surface area contributed by atoms with Crippen LogP contribution in [0.25, 0.3) is 0 Å². The molecule has 0 bridgehead atoms. The van der Waals surface area contributed by atoms with Gasteiger partial charge in [-0.3, -0.25) is 9.69 Å². The second-order valence-corrected chi connectivity index (χ2v) is 4.71. The number of nitrogens with two attached hydrogens (primary N) is 1. The Kier molecular flexibility index (Phi) is 6.02. The highest BCUT2D eigenvalue weighted by molar-refractivity contribution is 5.80. The molecule has 19 heavy (non-hydrogen) atoms. The summed E-state index contributed by atoms with van der Waals surface area (Å²) in [6.45, 7) is 0.298. The summed E-state index contributed by atoms with van der Waals surface area (Å²) in [4.78, 5) is 12.9. The lowest BCUT2D eigenvalue weighted by Crippen LogP contribution is -2.42. The number of carbonyl (C=O) groups is 1. The summed E-state index contributed by atoms with van der Waals surface area (Å²) in [6.07, 6.45) is -4.22. The Bertz CT molecular complexity index is 295. The van der Waals surface area contributed by atoms with Gasteiger partial charge in [0.15, 0.2) is 0 Å². The number of hydrogen-bond donors (Lipinski definition) is 2. The molecule has 0 aromatic carbocycles. The summed E-state index contributed by atoms with van der Waals surface area (Å²) in [6, 6.07) is 0. The third-order valence-electron chi connectivity index (χ3n) is 3.13. The third-order valence-corrected chi connectivity index (χ3v) is 3.13. The van der Waals surface area contributed by atoms with Crippen LogP contribution in [0.1, 0.15) is 6.42 Å². The standard InChI is InChI=1S/C11H20F3N3O2/c1-19-9(4-15)10(18)16-5-8-2-3-17(6-8)7-11(12,13)14/h8-9H,2-7,15H2,1H3,(H,16,18). The highest BCUT2D eigenvalue weighted by Crippen LogP contribution is 2.22. The van der Waals surface area contributed by atoms with Crippen LogP contribution in [-0.4, -0.2) is 62.9 Å². The average molecular weight is 283 g/mol. The molecule has 1 aliphatic heterocycles. The zero-order valence-corrected chi connectivity index (χ0v) is 10.9. The minimum absolute atomic E-state index is 0.0431. The zero-order valence-electron chi connectivity index (χ0n) is 10.9. The van der Waals surface area contributed by atoms with Gasteiger partial charge in [-0.25, -0.2) is 0 Å². The molecule has 1 heterocycles. The van der Waals surface area contributed by atoms with E-state index in [1.54, 1.807) is 0 Å². The smallest absolute Gasteiger partial charge is 0.370 e. The number of methoxy groups -OCH3 is 1. The molecule has 1 fully saturated rings. The first kappa shape index (κ1) is 16.2. The number of amides is 1. The van der Waals surface area contributed by atoms with Crippen LogP contribution in [0, 0.1) is 5.92 Å². The number of nitrogens with one attached hydrogen (secondary N) is 1. The number of carbonyl (C=O) groups excluding carboxylic acids is 1. The zero-order chi connectivity index (χ0) is 14.5. The molecule has 2 atom stereocenters. The molecule has 0 aromatic rings. The van der Waals surface area contributed by atoms with Gasteiger partial charge in [0.05, 0.1) is 6.54 Å². The van der Waals surface area contributed by atoms with Crippen molar-refractivity contribution in [2.24, 2.45) is 11.7 Å². The van der Waals surface area contributed by atoms with Gasteiger partial charge in [-0.05, 0) is 18.9 Å². The molecule has 5 nitrogen and oxygen atoms in total. The summed E-state index contributed by atoms with van der Waals surface area (Å²) >= 11 is 0. The molecule has 0 aliphatic carbocycles. The number of ether oxygens (including phenoxy) is 1. The molecule has 1 saturated heterocycles. The van der Waals surface area contributed by atoms with E-state index in [-0.39, 0.29) is 18.4 Å². The molecule has 0 aromatic heterocycles. The number of alkyl halides is 3. The number of likely N-dealkylation sites (tertiary alicyclic amines) is 1. The van der Waals surface area contributed by atoms with E-state index in [0.29, 0.717) is 26.1 Å². The van der Waals surface area contributed by atoms with E-state index in [1.165, 1.54) is 12.0 Å². The monoisotopic (exact) mass is 283 g/mol. The molecule has 112 valence electrons. The summed E-state index contributed by atoms with van der Waals surface area (Å²) in [5.41, 5.74) is 5.34. The molecule has 2 unspecified atom stereocenters. The van der Waals surface area contributed by atoms with E-state index < -0.39 is 18.8 Å². The van der Waals surface area contributed by atoms with Crippen molar-refractivity contribution in [1.29, 1.82) is 0 Å².